The van der Waals surface area contributed by atoms with E-state index < -0.39 is 0 Å². The Morgan fingerprint density at radius 3 is 2.86 bits per heavy atom. The molecule has 0 bridgehead atoms. The van der Waals surface area contributed by atoms with E-state index in [-0.39, 0.29) is 0 Å². The van der Waals surface area contributed by atoms with Gasteiger partial charge in [0.2, 0.25) is 5.89 Å². The number of aromatic amines is 1. The first kappa shape index (κ1) is 15.5. The molecule has 1 saturated carbocycles. The van der Waals surface area contributed by atoms with E-state index >= 15 is 0 Å². The van der Waals surface area contributed by atoms with Crippen molar-refractivity contribution in [1.29, 1.82) is 0 Å². The average Bonchev–Trinajstić information content (AvgIpc) is 3.14. The van der Waals surface area contributed by atoms with E-state index in [1.165, 1.54) is 12.8 Å². The summed E-state index contributed by atoms with van der Waals surface area (Å²) in [7, 11) is 2.00. The number of rotatable bonds is 8. The molecule has 0 spiro atoms. The number of H-pyrrole nitrogens is 1. The summed E-state index contributed by atoms with van der Waals surface area (Å²) < 4.78 is 5.30. The minimum Gasteiger partial charge on any atom is -0.344 e. The number of aromatic nitrogens is 4. The highest BCUT2D eigenvalue weighted by atomic mass is 35.5. The molecule has 2 aromatic heterocycles. The van der Waals surface area contributed by atoms with Crippen LogP contribution in [0.3, 0.4) is 0 Å². The van der Waals surface area contributed by atoms with Crippen LogP contribution in [0.4, 0.5) is 0 Å². The van der Waals surface area contributed by atoms with Gasteiger partial charge in [0, 0.05) is 18.9 Å². The lowest BCUT2D eigenvalue weighted by molar-refractivity contribution is 0.258. The zero-order valence-electron chi connectivity index (χ0n) is 13.1. The Hall–Kier alpha value is -1.40. The fourth-order valence-electron chi connectivity index (χ4n) is 2.40. The number of nitrogens with zero attached hydrogens (tertiary/aromatic N) is 4. The second kappa shape index (κ2) is 6.79. The summed E-state index contributed by atoms with van der Waals surface area (Å²) in [5.41, 5.74) is 0.942. The first-order valence-electron chi connectivity index (χ1n) is 7.90. The van der Waals surface area contributed by atoms with Crippen LogP contribution in [0.15, 0.2) is 4.52 Å². The smallest absolute Gasteiger partial charge is 0.240 e. The number of imidazole rings is 1. The van der Waals surface area contributed by atoms with Crippen molar-refractivity contribution in [3.63, 3.8) is 0 Å². The Morgan fingerprint density at radius 2 is 2.14 bits per heavy atom. The van der Waals surface area contributed by atoms with E-state index in [0.717, 1.165) is 36.6 Å². The summed E-state index contributed by atoms with van der Waals surface area (Å²) in [6.45, 7) is 3.46. The van der Waals surface area contributed by atoms with E-state index in [1.54, 1.807) is 0 Å². The number of halogens is 1. The van der Waals surface area contributed by atoms with Crippen LogP contribution >= 0.6 is 11.6 Å². The molecule has 2 heterocycles. The summed E-state index contributed by atoms with van der Waals surface area (Å²) in [6.07, 6.45) is 5.56. The van der Waals surface area contributed by atoms with Crippen molar-refractivity contribution < 1.29 is 4.52 Å². The Labute approximate surface area is 135 Å². The Morgan fingerprint density at radius 1 is 1.32 bits per heavy atom. The molecule has 1 aliphatic carbocycles. The van der Waals surface area contributed by atoms with E-state index in [9.17, 15) is 0 Å². The molecule has 1 aliphatic rings. The molecule has 0 aromatic carbocycles. The van der Waals surface area contributed by atoms with Gasteiger partial charge in [0.15, 0.2) is 11.0 Å². The molecule has 0 saturated heterocycles. The van der Waals surface area contributed by atoms with Crippen LogP contribution < -0.4 is 0 Å². The third-order valence-corrected chi connectivity index (χ3v) is 4.12. The zero-order chi connectivity index (χ0) is 15.5. The lowest BCUT2D eigenvalue weighted by Gasteiger charge is -2.12. The highest BCUT2D eigenvalue weighted by molar-refractivity contribution is 6.30. The molecular weight excluding hydrogens is 302 g/mol. The topological polar surface area (TPSA) is 70.8 Å². The van der Waals surface area contributed by atoms with Gasteiger partial charge in [-0.25, -0.2) is 4.98 Å². The SMILES string of the molecule is CCCCc1nc(Cl)c(CN(C)Cc2nc(C3CC3)no2)[nH]1. The largest absolute Gasteiger partial charge is 0.344 e. The highest BCUT2D eigenvalue weighted by Crippen LogP contribution is 2.38. The normalized spacial score (nSPS) is 14.9. The molecular formula is C15H22ClN5O. The van der Waals surface area contributed by atoms with Crippen molar-refractivity contribution in [2.24, 2.45) is 0 Å². The zero-order valence-corrected chi connectivity index (χ0v) is 13.9. The molecule has 0 unspecified atom stereocenters. The lowest BCUT2D eigenvalue weighted by atomic mass is 10.2. The molecule has 1 N–H and O–H groups in total. The molecule has 0 aliphatic heterocycles. The minimum absolute atomic E-state index is 0.519. The molecule has 0 amide bonds. The van der Waals surface area contributed by atoms with Crippen LogP contribution in [0.25, 0.3) is 0 Å². The number of hydrogen-bond acceptors (Lipinski definition) is 5. The lowest BCUT2D eigenvalue weighted by Crippen LogP contribution is -2.18. The number of aryl methyl sites for hydroxylation is 1. The first-order valence-corrected chi connectivity index (χ1v) is 8.27. The van der Waals surface area contributed by atoms with Gasteiger partial charge in [-0.05, 0) is 26.3 Å². The molecule has 7 heteroatoms. The number of hydrogen-bond donors (Lipinski definition) is 1. The fraction of sp³-hybridized carbons (Fsp3) is 0.667. The third-order valence-electron chi connectivity index (χ3n) is 3.80. The standard InChI is InChI=1S/C15H22ClN5O/c1-3-4-5-12-17-11(14(16)18-12)8-21(2)9-13-19-15(20-22-13)10-6-7-10/h10H,3-9H2,1-2H3,(H,17,18). The molecule has 6 nitrogen and oxygen atoms in total. The maximum absolute atomic E-state index is 6.20. The van der Waals surface area contributed by atoms with Crippen molar-refractivity contribution in [2.75, 3.05) is 7.05 Å². The van der Waals surface area contributed by atoms with Gasteiger partial charge in [-0.2, -0.15) is 4.98 Å². The maximum atomic E-state index is 6.20. The summed E-state index contributed by atoms with van der Waals surface area (Å²) in [6, 6.07) is 0. The monoisotopic (exact) mass is 323 g/mol. The number of nitrogens with one attached hydrogen (secondary N) is 1. The molecule has 3 rings (SSSR count). The predicted molar refractivity (Wildman–Crippen MR) is 83.7 cm³/mol. The van der Waals surface area contributed by atoms with Gasteiger partial charge < -0.3 is 9.51 Å². The van der Waals surface area contributed by atoms with Crippen molar-refractivity contribution in [3.05, 3.63) is 28.4 Å². The van der Waals surface area contributed by atoms with Crippen molar-refractivity contribution in [3.8, 4) is 0 Å². The van der Waals surface area contributed by atoms with Crippen molar-refractivity contribution >= 4 is 11.6 Å². The third kappa shape index (κ3) is 3.87. The second-order valence-corrected chi connectivity index (χ2v) is 6.41. The summed E-state index contributed by atoms with van der Waals surface area (Å²) in [4.78, 5) is 14.2. The van der Waals surface area contributed by atoms with Gasteiger partial charge in [0.1, 0.15) is 5.82 Å². The van der Waals surface area contributed by atoms with Gasteiger partial charge in [-0.1, -0.05) is 30.1 Å². The van der Waals surface area contributed by atoms with Gasteiger partial charge >= 0.3 is 0 Å². The molecule has 1 fully saturated rings. The Balaban J connectivity index is 1.56. The average molecular weight is 324 g/mol. The molecule has 2 aromatic rings. The van der Waals surface area contributed by atoms with Crippen LogP contribution in [0.1, 0.15) is 61.8 Å². The predicted octanol–water partition coefficient (Wildman–Crippen LogP) is 3.30. The second-order valence-electron chi connectivity index (χ2n) is 6.05. The van der Waals surface area contributed by atoms with E-state index in [1.807, 2.05) is 7.05 Å². The van der Waals surface area contributed by atoms with Crippen molar-refractivity contribution in [1.82, 2.24) is 25.0 Å². The van der Waals surface area contributed by atoms with E-state index in [2.05, 4.69) is 31.9 Å². The fourth-order valence-corrected chi connectivity index (χ4v) is 2.61. The number of unbranched alkanes of at least 4 members (excludes halogenated alkanes) is 1. The highest BCUT2D eigenvalue weighted by Gasteiger charge is 2.28. The summed E-state index contributed by atoms with van der Waals surface area (Å²) >= 11 is 6.20. The van der Waals surface area contributed by atoms with Crippen LogP contribution in [0.2, 0.25) is 5.15 Å². The van der Waals surface area contributed by atoms with Gasteiger partial charge in [-0.3, -0.25) is 4.90 Å². The van der Waals surface area contributed by atoms with Crippen LogP contribution in [0.5, 0.6) is 0 Å². The van der Waals surface area contributed by atoms with Gasteiger partial charge in [-0.15, -0.1) is 0 Å². The van der Waals surface area contributed by atoms with E-state index in [4.69, 9.17) is 16.1 Å². The summed E-state index contributed by atoms with van der Waals surface area (Å²) in [5.74, 6) is 2.99. The quantitative estimate of drug-likeness (QED) is 0.807. The van der Waals surface area contributed by atoms with E-state index in [0.29, 0.717) is 30.1 Å². The van der Waals surface area contributed by atoms with Crippen LogP contribution in [-0.4, -0.2) is 32.1 Å². The van der Waals surface area contributed by atoms with Crippen LogP contribution in [-0.2, 0) is 19.5 Å². The van der Waals surface area contributed by atoms with Crippen molar-refractivity contribution in [2.45, 2.75) is 58.0 Å². The molecule has 120 valence electrons. The summed E-state index contributed by atoms with van der Waals surface area (Å²) in [5, 5.41) is 4.59. The first-order chi connectivity index (χ1) is 10.7. The van der Waals surface area contributed by atoms with Crippen LogP contribution in [0, 0.1) is 0 Å². The Kier molecular flexibility index (Phi) is 4.78. The minimum atomic E-state index is 0.519. The molecule has 0 radical (unpaired) electrons. The van der Waals surface area contributed by atoms with Gasteiger partial charge in [0.25, 0.3) is 0 Å². The Bertz CT molecular complexity index is 619. The molecule has 0 atom stereocenters. The maximum Gasteiger partial charge on any atom is 0.240 e. The van der Waals surface area contributed by atoms with Gasteiger partial charge in [0.05, 0.1) is 12.2 Å². The molecule has 22 heavy (non-hydrogen) atoms.